The van der Waals surface area contributed by atoms with Gasteiger partial charge in [-0.3, -0.25) is 9.59 Å². The Bertz CT molecular complexity index is 462. The van der Waals surface area contributed by atoms with E-state index in [0.717, 1.165) is 25.7 Å². The van der Waals surface area contributed by atoms with Crippen molar-refractivity contribution in [1.82, 2.24) is 0 Å². The van der Waals surface area contributed by atoms with Crippen LogP contribution in [0.3, 0.4) is 0 Å². The number of allylic oxidation sites excluding steroid dienone is 3. The number of ketones is 2. The number of carbonyl (C=O) groups excluding carboxylic acids is 2. The highest BCUT2D eigenvalue weighted by atomic mass is 16.3. The molecule has 0 aliphatic heterocycles. The van der Waals surface area contributed by atoms with Gasteiger partial charge in [-0.05, 0) is 32.1 Å². The lowest BCUT2D eigenvalue weighted by Crippen LogP contribution is -2.27. The first-order chi connectivity index (χ1) is 11.6. The fraction of sp³-hybridized carbons (Fsp3) is 0.700. The molecule has 136 valence electrons. The molecule has 1 aliphatic rings. The molecule has 2 N–H and O–H groups in total. The normalized spacial score (nSPS) is 18.6. The molecule has 1 unspecified atom stereocenters. The van der Waals surface area contributed by atoms with E-state index < -0.39 is 11.9 Å². The van der Waals surface area contributed by atoms with E-state index in [2.05, 4.69) is 19.1 Å². The van der Waals surface area contributed by atoms with Crippen LogP contribution in [0.1, 0.15) is 84.0 Å². The van der Waals surface area contributed by atoms with Gasteiger partial charge < -0.3 is 10.2 Å². The molecule has 0 spiro atoms. The highest BCUT2D eigenvalue weighted by Crippen LogP contribution is 2.23. The standard InChI is InChI=1S/C20H32O4/c1-2-3-4-5-6-7-8-9-10-11-12-13-16(21)19-17(22)14-15-18(23)20(19)24/h4-5,18,23-24H,2-3,6-15H2,1H3. The van der Waals surface area contributed by atoms with E-state index in [1.807, 2.05) is 0 Å². The fourth-order valence-electron chi connectivity index (χ4n) is 2.92. The molecule has 4 heteroatoms. The second-order valence-corrected chi connectivity index (χ2v) is 6.58. The third-order valence-electron chi connectivity index (χ3n) is 4.42. The summed E-state index contributed by atoms with van der Waals surface area (Å²) < 4.78 is 0. The van der Waals surface area contributed by atoms with Gasteiger partial charge >= 0.3 is 0 Å². The van der Waals surface area contributed by atoms with Gasteiger partial charge in [-0.25, -0.2) is 0 Å². The molecule has 24 heavy (non-hydrogen) atoms. The number of hydrogen-bond donors (Lipinski definition) is 2. The number of carbonyl (C=O) groups is 2. The summed E-state index contributed by atoms with van der Waals surface area (Å²) in [5.74, 6) is -1.08. The molecule has 0 saturated carbocycles. The molecular formula is C20H32O4. The van der Waals surface area contributed by atoms with Gasteiger partial charge in [0, 0.05) is 12.8 Å². The highest BCUT2D eigenvalue weighted by Gasteiger charge is 2.30. The molecule has 0 amide bonds. The third-order valence-corrected chi connectivity index (χ3v) is 4.42. The van der Waals surface area contributed by atoms with Gasteiger partial charge in [0.2, 0.25) is 0 Å². The Morgan fingerprint density at radius 2 is 1.71 bits per heavy atom. The Morgan fingerprint density at radius 3 is 2.42 bits per heavy atom. The van der Waals surface area contributed by atoms with Crippen LogP contribution in [0, 0.1) is 0 Å². The summed E-state index contributed by atoms with van der Waals surface area (Å²) in [5, 5.41) is 19.3. The summed E-state index contributed by atoms with van der Waals surface area (Å²) in [6, 6.07) is 0. The molecule has 0 fully saturated rings. The minimum Gasteiger partial charge on any atom is -0.509 e. The first kappa shape index (κ1) is 20.6. The van der Waals surface area contributed by atoms with Gasteiger partial charge in [-0.2, -0.15) is 0 Å². The van der Waals surface area contributed by atoms with Crippen LogP contribution in [-0.2, 0) is 9.59 Å². The van der Waals surface area contributed by atoms with Crippen LogP contribution in [-0.4, -0.2) is 27.9 Å². The lowest BCUT2D eigenvalue weighted by molar-refractivity contribution is -0.123. The Kier molecular flexibility index (Phi) is 10.3. The van der Waals surface area contributed by atoms with E-state index in [1.54, 1.807) is 0 Å². The maximum absolute atomic E-state index is 12.1. The highest BCUT2D eigenvalue weighted by molar-refractivity contribution is 6.21. The smallest absolute Gasteiger partial charge is 0.170 e. The zero-order valence-corrected chi connectivity index (χ0v) is 14.9. The van der Waals surface area contributed by atoms with Crippen LogP contribution in [0.2, 0.25) is 0 Å². The van der Waals surface area contributed by atoms with Gasteiger partial charge in [-0.1, -0.05) is 51.2 Å². The van der Waals surface area contributed by atoms with Crippen molar-refractivity contribution in [2.24, 2.45) is 0 Å². The van der Waals surface area contributed by atoms with Crippen molar-refractivity contribution in [1.29, 1.82) is 0 Å². The Morgan fingerprint density at radius 1 is 1.08 bits per heavy atom. The van der Waals surface area contributed by atoms with Gasteiger partial charge in [0.25, 0.3) is 0 Å². The summed E-state index contributed by atoms with van der Waals surface area (Å²) in [6.07, 6.45) is 14.0. The second-order valence-electron chi connectivity index (χ2n) is 6.58. The van der Waals surface area contributed by atoms with Crippen molar-refractivity contribution in [3.8, 4) is 0 Å². The predicted octanol–water partition coefficient (Wildman–Crippen LogP) is 4.57. The van der Waals surface area contributed by atoms with Crippen molar-refractivity contribution in [3.63, 3.8) is 0 Å². The molecule has 0 aromatic heterocycles. The summed E-state index contributed by atoms with van der Waals surface area (Å²) in [4.78, 5) is 23.8. The summed E-state index contributed by atoms with van der Waals surface area (Å²) in [7, 11) is 0. The van der Waals surface area contributed by atoms with E-state index >= 15 is 0 Å². The minimum absolute atomic E-state index is 0.138. The third kappa shape index (κ3) is 7.43. The van der Waals surface area contributed by atoms with Crippen molar-refractivity contribution >= 4 is 11.6 Å². The van der Waals surface area contributed by atoms with E-state index in [9.17, 15) is 19.8 Å². The predicted molar refractivity (Wildman–Crippen MR) is 95.9 cm³/mol. The molecule has 1 atom stereocenters. The Hall–Kier alpha value is -1.42. The van der Waals surface area contributed by atoms with Gasteiger partial charge in [0.15, 0.2) is 11.6 Å². The van der Waals surface area contributed by atoms with Crippen molar-refractivity contribution < 1.29 is 19.8 Å². The molecule has 0 aromatic rings. The average molecular weight is 336 g/mol. The second kappa shape index (κ2) is 12.0. The largest absolute Gasteiger partial charge is 0.509 e. The van der Waals surface area contributed by atoms with Crippen LogP contribution in [0.4, 0.5) is 0 Å². The summed E-state index contributed by atoms with van der Waals surface area (Å²) >= 11 is 0. The SMILES string of the molecule is CCCC=CCCCCCCCCC(=O)C1=C(O)C(O)CCC1=O. The maximum atomic E-state index is 12.1. The first-order valence-corrected chi connectivity index (χ1v) is 9.40. The molecule has 0 aromatic carbocycles. The maximum Gasteiger partial charge on any atom is 0.170 e. The molecule has 0 saturated heterocycles. The average Bonchev–Trinajstić information content (AvgIpc) is 2.56. The van der Waals surface area contributed by atoms with Crippen molar-refractivity contribution in [3.05, 3.63) is 23.5 Å². The number of Topliss-reactive ketones (excluding diaryl/α,β-unsaturated/α-hetero) is 2. The molecule has 0 radical (unpaired) electrons. The van der Waals surface area contributed by atoms with Gasteiger partial charge in [0.05, 0.1) is 0 Å². The van der Waals surface area contributed by atoms with Crippen molar-refractivity contribution in [2.75, 3.05) is 0 Å². The number of hydrogen-bond acceptors (Lipinski definition) is 4. The molecule has 1 rings (SSSR count). The lowest BCUT2D eigenvalue weighted by Gasteiger charge is -2.18. The summed E-state index contributed by atoms with van der Waals surface area (Å²) in [6.45, 7) is 2.18. The number of aliphatic hydroxyl groups excluding tert-OH is 2. The molecule has 4 nitrogen and oxygen atoms in total. The molecule has 1 aliphatic carbocycles. The molecule has 0 heterocycles. The van der Waals surface area contributed by atoms with E-state index in [1.165, 1.54) is 32.1 Å². The minimum atomic E-state index is -1.06. The van der Waals surface area contributed by atoms with E-state index in [-0.39, 0.29) is 36.4 Å². The van der Waals surface area contributed by atoms with Gasteiger partial charge in [0.1, 0.15) is 17.4 Å². The summed E-state index contributed by atoms with van der Waals surface area (Å²) in [5.41, 5.74) is -0.160. The first-order valence-electron chi connectivity index (χ1n) is 9.40. The zero-order chi connectivity index (χ0) is 17.8. The van der Waals surface area contributed by atoms with Crippen LogP contribution in [0.25, 0.3) is 0 Å². The number of unbranched alkanes of at least 4 members (excludes halogenated alkanes) is 7. The Balaban J connectivity index is 2.12. The molecule has 0 bridgehead atoms. The monoisotopic (exact) mass is 336 g/mol. The zero-order valence-electron chi connectivity index (χ0n) is 14.9. The number of aliphatic hydroxyl groups is 2. The van der Waals surface area contributed by atoms with Crippen LogP contribution in [0.15, 0.2) is 23.5 Å². The van der Waals surface area contributed by atoms with E-state index in [0.29, 0.717) is 0 Å². The van der Waals surface area contributed by atoms with Crippen LogP contribution < -0.4 is 0 Å². The number of rotatable bonds is 12. The quantitative estimate of drug-likeness (QED) is 0.311. The topological polar surface area (TPSA) is 74.6 Å². The lowest BCUT2D eigenvalue weighted by atomic mass is 9.89. The molecular weight excluding hydrogens is 304 g/mol. The Labute approximate surface area is 145 Å². The van der Waals surface area contributed by atoms with Gasteiger partial charge in [-0.15, -0.1) is 0 Å². The van der Waals surface area contributed by atoms with Crippen molar-refractivity contribution in [2.45, 2.75) is 90.1 Å². The van der Waals surface area contributed by atoms with E-state index in [4.69, 9.17) is 0 Å². The fourth-order valence-corrected chi connectivity index (χ4v) is 2.92. The van der Waals surface area contributed by atoms with Crippen LogP contribution >= 0.6 is 0 Å². The van der Waals surface area contributed by atoms with Crippen LogP contribution in [0.5, 0.6) is 0 Å².